The van der Waals surface area contributed by atoms with Crippen molar-refractivity contribution in [2.75, 3.05) is 5.75 Å². The molecule has 0 atom stereocenters. The van der Waals surface area contributed by atoms with E-state index in [9.17, 15) is 4.79 Å². The first-order valence-electron chi connectivity index (χ1n) is 7.02. The lowest BCUT2D eigenvalue weighted by molar-refractivity contribution is -0.136. The SMILES string of the molecule is O=C(O)CCSCc1nc2cc3c(cc2[nH]1)CCCC3. The summed E-state index contributed by atoms with van der Waals surface area (Å²) in [4.78, 5) is 18.4. The van der Waals surface area contributed by atoms with E-state index in [0.29, 0.717) is 5.75 Å². The Morgan fingerprint density at radius 1 is 1.30 bits per heavy atom. The van der Waals surface area contributed by atoms with Crippen LogP contribution in [0, 0.1) is 0 Å². The highest BCUT2D eigenvalue weighted by atomic mass is 32.2. The number of hydrogen-bond acceptors (Lipinski definition) is 3. The first-order chi connectivity index (χ1) is 9.72. The standard InChI is InChI=1S/C15H18N2O2S/c18-15(19)5-6-20-9-14-16-12-7-10-3-1-2-4-11(10)8-13(12)17-14/h7-8H,1-6,9H2,(H,16,17)(H,18,19). The molecule has 2 N–H and O–H groups in total. The number of aryl methyl sites for hydroxylation is 2. The Morgan fingerprint density at radius 2 is 2.05 bits per heavy atom. The van der Waals surface area contributed by atoms with Crippen molar-refractivity contribution in [1.82, 2.24) is 9.97 Å². The summed E-state index contributed by atoms with van der Waals surface area (Å²) in [7, 11) is 0. The Bertz CT molecular complexity index is 593. The fourth-order valence-electron chi connectivity index (χ4n) is 2.69. The number of hydrogen-bond donors (Lipinski definition) is 2. The van der Waals surface area contributed by atoms with Crippen molar-refractivity contribution >= 4 is 28.8 Å². The van der Waals surface area contributed by atoms with E-state index < -0.39 is 5.97 Å². The number of nitrogens with one attached hydrogen (secondary N) is 1. The van der Waals surface area contributed by atoms with Gasteiger partial charge in [0, 0.05) is 5.75 Å². The van der Waals surface area contributed by atoms with Gasteiger partial charge in [-0.25, -0.2) is 4.98 Å². The van der Waals surface area contributed by atoms with Gasteiger partial charge in [0.2, 0.25) is 0 Å². The van der Waals surface area contributed by atoms with E-state index in [0.717, 1.165) is 22.6 Å². The van der Waals surface area contributed by atoms with Crippen LogP contribution in [0.5, 0.6) is 0 Å². The number of carboxylic acids is 1. The molecule has 0 bridgehead atoms. The number of rotatable bonds is 5. The van der Waals surface area contributed by atoms with Crippen LogP contribution < -0.4 is 0 Å². The number of aromatic nitrogens is 2. The van der Waals surface area contributed by atoms with Crippen LogP contribution in [0.2, 0.25) is 0 Å². The summed E-state index contributed by atoms with van der Waals surface area (Å²) < 4.78 is 0. The van der Waals surface area contributed by atoms with Gasteiger partial charge in [-0.3, -0.25) is 4.79 Å². The zero-order valence-electron chi connectivity index (χ0n) is 11.3. The summed E-state index contributed by atoms with van der Waals surface area (Å²) in [5.41, 5.74) is 5.05. The lowest BCUT2D eigenvalue weighted by Crippen LogP contribution is -2.01. The van der Waals surface area contributed by atoms with Gasteiger partial charge < -0.3 is 10.1 Å². The highest BCUT2D eigenvalue weighted by molar-refractivity contribution is 7.98. The number of aliphatic carboxylic acids is 1. The van der Waals surface area contributed by atoms with Crippen molar-refractivity contribution in [2.45, 2.75) is 37.9 Å². The van der Waals surface area contributed by atoms with Crippen LogP contribution in [0.25, 0.3) is 11.0 Å². The molecule has 106 valence electrons. The highest BCUT2D eigenvalue weighted by Crippen LogP contribution is 2.26. The van der Waals surface area contributed by atoms with E-state index in [1.807, 2.05) is 0 Å². The largest absolute Gasteiger partial charge is 0.481 e. The number of carboxylic acid groups (broad SMARTS) is 1. The van der Waals surface area contributed by atoms with Crippen LogP contribution in [0.3, 0.4) is 0 Å². The summed E-state index contributed by atoms with van der Waals surface area (Å²) in [6.07, 6.45) is 5.11. The number of H-pyrrole nitrogens is 1. The predicted octanol–water partition coefficient (Wildman–Crippen LogP) is 3.15. The molecular formula is C15H18N2O2S. The van der Waals surface area contributed by atoms with Crippen LogP contribution >= 0.6 is 11.8 Å². The van der Waals surface area contributed by atoms with Gasteiger partial charge in [-0.2, -0.15) is 11.8 Å². The van der Waals surface area contributed by atoms with Gasteiger partial charge in [0.25, 0.3) is 0 Å². The van der Waals surface area contributed by atoms with Crippen LogP contribution in [-0.4, -0.2) is 26.8 Å². The van der Waals surface area contributed by atoms with E-state index in [4.69, 9.17) is 5.11 Å². The lowest BCUT2D eigenvalue weighted by Gasteiger charge is -2.14. The monoisotopic (exact) mass is 290 g/mol. The van der Waals surface area contributed by atoms with Crippen molar-refractivity contribution in [3.8, 4) is 0 Å². The third kappa shape index (κ3) is 2.98. The van der Waals surface area contributed by atoms with Crippen molar-refractivity contribution in [2.24, 2.45) is 0 Å². The molecule has 2 aromatic rings. The zero-order valence-corrected chi connectivity index (χ0v) is 12.1. The zero-order chi connectivity index (χ0) is 13.9. The fraction of sp³-hybridized carbons (Fsp3) is 0.467. The van der Waals surface area contributed by atoms with Crippen molar-refractivity contribution in [3.05, 3.63) is 29.1 Å². The Kier molecular flexibility index (Phi) is 3.96. The highest BCUT2D eigenvalue weighted by Gasteiger charge is 2.12. The second-order valence-electron chi connectivity index (χ2n) is 5.22. The van der Waals surface area contributed by atoms with E-state index in [1.54, 1.807) is 11.8 Å². The molecule has 1 aliphatic carbocycles. The molecule has 0 amide bonds. The molecule has 0 saturated heterocycles. The Labute approximate surface area is 122 Å². The quantitative estimate of drug-likeness (QED) is 0.830. The molecule has 0 fully saturated rings. The van der Waals surface area contributed by atoms with Crippen LogP contribution in [-0.2, 0) is 23.4 Å². The Hall–Kier alpha value is -1.49. The first kappa shape index (κ1) is 13.5. The summed E-state index contributed by atoms with van der Waals surface area (Å²) >= 11 is 1.61. The second-order valence-corrected chi connectivity index (χ2v) is 6.33. The van der Waals surface area contributed by atoms with Crippen LogP contribution in [0.1, 0.15) is 36.2 Å². The molecule has 4 nitrogen and oxygen atoms in total. The molecule has 3 rings (SSSR count). The van der Waals surface area contributed by atoms with E-state index in [2.05, 4.69) is 22.1 Å². The molecule has 0 unspecified atom stereocenters. The lowest BCUT2D eigenvalue weighted by atomic mass is 9.91. The molecule has 1 aromatic carbocycles. The maximum absolute atomic E-state index is 10.5. The average molecular weight is 290 g/mol. The molecule has 1 heterocycles. The third-order valence-corrected chi connectivity index (χ3v) is 4.66. The second kappa shape index (κ2) is 5.87. The van der Waals surface area contributed by atoms with Gasteiger partial charge in [-0.1, -0.05) is 0 Å². The molecule has 20 heavy (non-hydrogen) atoms. The van der Waals surface area contributed by atoms with E-state index >= 15 is 0 Å². The first-order valence-corrected chi connectivity index (χ1v) is 8.18. The summed E-state index contributed by atoms with van der Waals surface area (Å²) in [6.45, 7) is 0. The van der Waals surface area contributed by atoms with Gasteiger partial charge in [0.15, 0.2) is 0 Å². The minimum absolute atomic E-state index is 0.208. The fourth-order valence-corrected chi connectivity index (χ4v) is 3.48. The smallest absolute Gasteiger partial charge is 0.304 e. The molecule has 5 heteroatoms. The van der Waals surface area contributed by atoms with Crippen molar-refractivity contribution in [1.29, 1.82) is 0 Å². The van der Waals surface area contributed by atoms with E-state index in [-0.39, 0.29) is 6.42 Å². The number of aromatic amines is 1. The third-order valence-electron chi connectivity index (χ3n) is 3.69. The number of benzene rings is 1. The topological polar surface area (TPSA) is 66.0 Å². The maximum Gasteiger partial charge on any atom is 0.304 e. The summed E-state index contributed by atoms with van der Waals surface area (Å²) in [6, 6.07) is 4.45. The summed E-state index contributed by atoms with van der Waals surface area (Å²) in [5, 5.41) is 8.61. The normalized spacial score (nSPS) is 14.4. The predicted molar refractivity (Wildman–Crippen MR) is 81.2 cm³/mol. The van der Waals surface area contributed by atoms with Crippen molar-refractivity contribution in [3.63, 3.8) is 0 Å². The molecule has 1 aliphatic rings. The maximum atomic E-state index is 10.5. The molecular weight excluding hydrogens is 272 g/mol. The van der Waals surface area contributed by atoms with Crippen LogP contribution in [0.15, 0.2) is 12.1 Å². The average Bonchev–Trinajstić information content (AvgIpc) is 2.82. The molecule has 0 aliphatic heterocycles. The van der Waals surface area contributed by atoms with Crippen LogP contribution in [0.4, 0.5) is 0 Å². The molecule has 0 spiro atoms. The van der Waals surface area contributed by atoms with Gasteiger partial charge >= 0.3 is 5.97 Å². The number of fused-ring (bicyclic) bond motifs is 2. The molecule has 0 radical (unpaired) electrons. The Morgan fingerprint density at radius 3 is 2.80 bits per heavy atom. The number of carbonyl (C=O) groups is 1. The summed E-state index contributed by atoms with van der Waals surface area (Å²) in [5.74, 6) is 1.57. The number of thioether (sulfide) groups is 1. The number of imidazole rings is 1. The van der Waals surface area contributed by atoms with Gasteiger partial charge in [0.05, 0.1) is 23.2 Å². The van der Waals surface area contributed by atoms with E-state index in [1.165, 1.54) is 36.8 Å². The minimum Gasteiger partial charge on any atom is -0.481 e. The van der Waals surface area contributed by atoms with Gasteiger partial charge in [-0.15, -0.1) is 0 Å². The molecule has 1 aromatic heterocycles. The van der Waals surface area contributed by atoms with Crippen molar-refractivity contribution < 1.29 is 9.90 Å². The number of nitrogens with zero attached hydrogens (tertiary/aromatic N) is 1. The Balaban J connectivity index is 1.72. The van der Waals surface area contributed by atoms with Gasteiger partial charge in [-0.05, 0) is 48.9 Å². The van der Waals surface area contributed by atoms with Gasteiger partial charge in [0.1, 0.15) is 5.82 Å². The molecule has 0 saturated carbocycles. The minimum atomic E-state index is -0.741.